The number of imidazole rings is 1. The number of oxazole rings is 1. The van der Waals surface area contributed by atoms with Gasteiger partial charge in [0.15, 0.2) is 5.65 Å². The molecule has 5 aromatic rings. The van der Waals surface area contributed by atoms with Crippen molar-refractivity contribution in [2.45, 2.75) is 19.3 Å². The molecule has 0 spiro atoms. The van der Waals surface area contributed by atoms with Gasteiger partial charge in [0.25, 0.3) is 0 Å². The summed E-state index contributed by atoms with van der Waals surface area (Å²) in [4.78, 5) is 4.63. The molecule has 1 aliphatic rings. The minimum absolute atomic E-state index is 0.276. The van der Waals surface area contributed by atoms with Crippen molar-refractivity contribution in [2.24, 2.45) is 5.92 Å². The number of aromatic nitrogens is 5. The normalized spacial score (nSPS) is 18.9. The van der Waals surface area contributed by atoms with Gasteiger partial charge < -0.3 is 4.42 Å². The third-order valence-corrected chi connectivity index (χ3v) is 5.52. The Kier molecular flexibility index (Phi) is 3.06. The van der Waals surface area contributed by atoms with Gasteiger partial charge in [-0.1, -0.05) is 6.92 Å². The molecule has 1 aliphatic carbocycles. The van der Waals surface area contributed by atoms with Gasteiger partial charge in [0, 0.05) is 29.4 Å². The van der Waals surface area contributed by atoms with E-state index in [2.05, 4.69) is 32.7 Å². The van der Waals surface area contributed by atoms with E-state index in [1.165, 1.54) is 12.1 Å². The Morgan fingerprint density at radius 2 is 1.82 bits per heavy atom. The minimum atomic E-state index is -0.276. The quantitative estimate of drug-likeness (QED) is 0.465. The maximum Gasteiger partial charge on any atom is 0.306 e. The predicted molar refractivity (Wildman–Crippen MR) is 101 cm³/mol. The van der Waals surface area contributed by atoms with Crippen molar-refractivity contribution >= 4 is 11.5 Å². The fourth-order valence-electron chi connectivity index (χ4n) is 3.85. The topological polar surface area (TPSA) is 60.6 Å². The Labute approximate surface area is 159 Å². The van der Waals surface area contributed by atoms with Crippen LogP contribution in [0.2, 0.25) is 0 Å². The van der Waals surface area contributed by atoms with E-state index in [1.807, 2.05) is 22.7 Å². The van der Waals surface area contributed by atoms with E-state index in [-0.39, 0.29) is 5.82 Å². The number of hydrogen-bond donors (Lipinski definition) is 0. The Hall–Kier alpha value is -3.48. The van der Waals surface area contributed by atoms with E-state index in [9.17, 15) is 4.39 Å². The van der Waals surface area contributed by atoms with Crippen molar-refractivity contribution < 1.29 is 8.81 Å². The average molecular weight is 373 g/mol. The first-order valence-corrected chi connectivity index (χ1v) is 9.25. The molecule has 138 valence electrons. The smallest absolute Gasteiger partial charge is 0.306 e. The second kappa shape index (κ2) is 5.51. The molecule has 0 bridgehead atoms. The largest absolute Gasteiger partial charge is 0.432 e. The molecule has 0 aliphatic heterocycles. The number of rotatable bonds is 3. The Morgan fingerprint density at radius 1 is 1.04 bits per heavy atom. The standard InChI is InChI=1S/C21H16FN5O/c1-12-10-16(12)20-25-24-17-7-4-14(11-27(17)20)19-18(13-2-5-15(22)6-3-13)23-21-26(19)8-9-28-21/h2-9,11-12,16H,10H2,1H3. The third kappa shape index (κ3) is 2.22. The third-order valence-electron chi connectivity index (χ3n) is 5.52. The summed E-state index contributed by atoms with van der Waals surface area (Å²) in [6.45, 7) is 2.23. The highest BCUT2D eigenvalue weighted by Gasteiger charge is 2.38. The number of hydrogen-bond acceptors (Lipinski definition) is 4. The zero-order valence-corrected chi connectivity index (χ0v) is 15.1. The molecule has 4 aromatic heterocycles. The molecule has 28 heavy (non-hydrogen) atoms. The molecule has 2 unspecified atom stereocenters. The van der Waals surface area contributed by atoms with Crippen LogP contribution < -0.4 is 0 Å². The highest BCUT2D eigenvalue weighted by molar-refractivity contribution is 5.81. The highest BCUT2D eigenvalue weighted by Crippen LogP contribution is 2.46. The lowest BCUT2D eigenvalue weighted by molar-refractivity contribution is 0.596. The fourth-order valence-corrected chi connectivity index (χ4v) is 3.85. The number of pyridine rings is 1. The Bertz CT molecular complexity index is 1330. The van der Waals surface area contributed by atoms with Crippen LogP contribution in [0.25, 0.3) is 34.0 Å². The zero-order valence-electron chi connectivity index (χ0n) is 15.1. The van der Waals surface area contributed by atoms with Crippen LogP contribution >= 0.6 is 0 Å². The Morgan fingerprint density at radius 3 is 2.61 bits per heavy atom. The van der Waals surface area contributed by atoms with Crippen LogP contribution in [0.3, 0.4) is 0 Å². The average Bonchev–Trinajstić information content (AvgIpc) is 3.08. The van der Waals surface area contributed by atoms with Gasteiger partial charge in [0.1, 0.15) is 23.6 Å². The summed E-state index contributed by atoms with van der Waals surface area (Å²) in [5.41, 5.74) is 4.26. The monoisotopic (exact) mass is 373 g/mol. The van der Waals surface area contributed by atoms with Gasteiger partial charge in [-0.05, 0) is 48.7 Å². The first kappa shape index (κ1) is 15.6. The summed E-state index contributed by atoms with van der Waals surface area (Å²) in [5, 5.41) is 8.71. The van der Waals surface area contributed by atoms with Gasteiger partial charge in [-0.2, -0.15) is 4.98 Å². The van der Waals surface area contributed by atoms with Crippen molar-refractivity contribution in [3.63, 3.8) is 0 Å². The molecular weight excluding hydrogens is 357 g/mol. The molecule has 0 radical (unpaired) electrons. The van der Waals surface area contributed by atoms with E-state index in [1.54, 1.807) is 18.4 Å². The van der Waals surface area contributed by atoms with Crippen LogP contribution in [-0.2, 0) is 0 Å². The number of benzene rings is 1. The highest BCUT2D eigenvalue weighted by atomic mass is 19.1. The van der Waals surface area contributed by atoms with Crippen molar-refractivity contribution in [1.29, 1.82) is 0 Å². The van der Waals surface area contributed by atoms with Crippen LogP contribution in [0.5, 0.6) is 0 Å². The van der Waals surface area contributed by atoms with E-state index < -0.39 is 0 Å². The van der Waals surface area contributed by atoms with E-state index >= 15 is 0 Å². The molecule has 0 amide bonds. The van der Waals surface area contributed by atoms with Crippen molar-refractivity contribution in [2.75, 3.05) is 0 Å². The van der Waals surface area contributed by atoms with Crippen molar-refractivity contribution in [3.05, 3.63) is 66.7 Å². The maximum atomic E-state index is 13.4. The summed E-state index contributed by atoms with van der Waals surface area (Å²) in [6, 6.07) is 10.3. The summed E-state index contributed by atoms with van der Waals surface area (Å²) >= 11 is 0. The molecular formula is C21H16FN5O. The van der Waals surface area contributed by atoms with E-state index in [0.717, 1.165) is 40.4 Å². The molecule has 6 rings (SSSR count). The molecule has 6 nitrogen and oxygen atoms in total. The molecule has 0 saturated heterocycles. The summed E-state index contributed by atoms with van der Waals surface area (Å²) in [7, 11) is 0. The predicted octanol–water partition coefficient (Wildman–Crippen LogP) is 4.57. The van der Waals surface area contributed by atoms with E-state index in [4.69, 9.17) is 4.42 Å². The first-order chi connectivity index (χ1) is 13.7. The summed E-state index contributed by atoms with van der Waals surface area (Å²) in [6.07, 6.45) is 6.64. The lowest BCUT2D eigenvalue weighted by Gasteiger charge is -2.06. The van der Waals surface area contributed by atoms with Crippen LogP contribution in [0.15, 0.2) is 59.5 Å². The summed E-state index contributed by atoms with van der Waals surface area (Å²) in [5.74, 6) is 2.32. The van der Waals surface area contributed by atoms with Gasteiger partial charge in [0.05, 0.1) is 5.69 Å². The number of fused-ring (bicyclic) bond motifs is 2. The lowest BCUT2D eigenvalue weighted by Crippen LogP contribution is -1.96. The Balaban J connectivity index is 1.58. The lowest BCUT2D eigenvalue weighted by atomic mass is 10.1. The number of nitrogens with zero attached hydrogens (tertiary/aromatic N) is 5. The molecule has 1 saturated carbocycles. The minimum Gasteiger partial charge on any atom is -0.432 e. The summed E-state index contributed by atoms with van der Waals surface area (Å²) < 4.78 is 22.9. The maximum absolute atomic E-state index is 13.4. The van der Waals surface area contributed by atoms with Crippen LogP contribution in [-0.4, -0.2) is 24.0 Å². The molecule has 7 heteroatoms. The van der Waals surface area contributed by atoms with Crippen LogP contribution in [0.4, 0.5) is 4.39 Å². The van der Waals surface area contributed by atoms with Gasteiger partial charge in [-0.3, -0.25) is 8.80 Å². The van der Waals surface area contributed by atoms with Crippen molar-refractivity contribution in [1.82, 2.24) is 24.0 Å². The van der Waals surface area contributed by atoms with Gasteiger partial charge >= 0.3 is 5.84 Å². The van der Waals surface area contributed by atoms with Gasteiger partial charge in [-0.25, -0.2) is 4.39 Å². The molecule has 1 aromatic carbocycles. The molecule has 0 N–H and O–H groups in total. The van der Waals surface area contributed by atoms with Crippen LogP contribution in [0.1, 0.15) is 25.1 Å². The molecule has 2 atom stereocenters. The van der Waals surface area contributed by atoms with Gasteiger partial charge in [-0.15, -0.1) is 10.2 Å². The van der Waals surface area contributed by atoms with E-state index in [0.29, 0.717) is 17.7 Å². The molecule has 4 heterocycles. The zero-order chi connectivity index (χ0) is 18.8. The van der Waals surface area contributed by atoms with Crippen LogP contribution in [0, 0.1) is 11.7 Å². The van der Waals surface area contributed by atoms with Crippen molar-refractivity contribution in [3.8, 4) is 22.5 Å². The first-order valence-electron chi connectivity index (χ1n) is 9.25. The SMILES string of the molecule is CC1CC1c1nnc2ccc(-c3c(-c4ccc(F)cc4)nc4occn34)cn12. The fraction of sp³-hybridized carbons (Fsp3) is 0.190. The number of halogens is 1. The van der Waals surface area contributed by atoms with Gasteiger partial charge in [0.2, 0.25) is 0 Å². The second-order valence-electron chi connectivity index (χ2n) is 7.40. The second-order valence-corrected chi connectivity index (χ2v) is 7.40. The molecule has 1 fully saturated rings.